The van der Waals surface area contributed by atoms with E-state index in [1.54, 1.807) is 19.2 Å². The molecule has 0 spiro atoms. The van der Waals surface area contributed by atoms with Crippen LogP contribution in [0.5, 0.6) is 0 Å². The Morgan fingerprint density at radius 1 is 1.17 bits per heavy atom. The number of anilines is 1. The number of benzene rings is 2. The van der Waals surface area contributed by atoms with Crippen molar-refractivity contribution < 1.29 is 14.3 Å². The maximum Gasteiger partial charge on any atom is 0.256 e. The van der Waals surface area contributed by atoms with E-state index in [1.165, 1.54) is 0 Å². The van der Waals surface area contributed by atoms with E-state index in [0.717, 1.165) is 29.7 Å². The summed E-state index contributed by atoms with van der Waals surface area (Å²) in [5.74, 6) is -0.0489. The number of ether oxygens (including phenoxy) is 1. The first-order chi connectivity index (χ1) is 14.0. The van der Waals surface area contributed by atoms with Crippen molar-refractivity contribution in [1.82, 2.24) is 10.2 Å². The molecule has 2 N–H and O–H groups in total. The molecule has 2 amide bonds. The molecule has 29 heavy (non-hydrogen) atoms. The summed E-state index contributed by atoms with van der Waals surface area (Å²) in [4.78, 5) is 27.0. The quantitative estimate of drug-likeness (QED) is 0.633. The van der Waals surface area contributed by atoms with Gasteiger partial charge in [-0.15, -0.1) is 0 Å². The van der Waals surface area contributed by atoms with Crippen LogP contribution in [-0.2, 0) is 4.74 Å². The van der Waals surface area contributed by atoms with Gasteiger partial charge in [-0.1, -0.05) is 25.1 Å². The van der Waals surface area contributed by atoms with Crippen molar-refractivity contribution in [3.8, 4) is 0 Å². The molecule has 0 saturated carbocycles. The Morgan fingerprint density at radius 2 is 1.90 bits per heavy atom. The van der Waals surface area contributed by atoms with Crippen LogP contribution in [0.1, 0.15) is 59.1 Å². The fraction of sp³-hybridized carbons (Fsp3) is 0.391. The van der Waals surface area contributed by atoms with Gasteiger partial charge >= 0.3 is 0 Å². The monoisotopic (exact) mass is 395 g/mol. The molecule has 6 heteroatoms. The molecular formula is C23H29N3O3. The molecule has 0 saturated heterocycles. The summed E-state index contributed by atoms with van der Waals surface area (Å²) in [6.45, 7) is 5.23. The van der Waals surface area contributed by atoms with Gasteiger partial charge in [-0.25, -0.2) is 0 Å². The van der Waals surface area contributed by atoms with Crippen LogP contribution in [0.15, 0.2) is 48.5 Å². The molecule has 0 fully saturated rings. The maximum absolute atomic E-state index is 12.9. The molecule has 2 aromatic rings. The van der Waals surface area contributed by atoms with Gasteiger partial charge in [0.05, 0.1) is 0 Å². The van der Waals surface area contributed by atoms with Crippen LogP contribution in [0, 0.1) is 0 Å². The van der Waals surface area contributed by atoms with Crippen LogP contribution in [0.25, 0.3) is 0 Å². The lowest BCUT2D eigenvalue weighted by Crippen LogP contribution is -2.33. The third-order valence-corrected chi connectivity index (χ3v) is 5.25. The lowest BCUT2D eigenvalue weighted by molar-refractivity contribution is 0.0721. The number of hydrogen-bond donors (Lipinski definition) is 2. The smallest absolute Gasteiger partial charge is 0.256 e. The number of fused-ring (bicyclic) bond motifs is 1. The number of nitrogens with one attached hydrogen (secondary N) is 2. The van der Waals surface area contributed by atoms with Crippen LogP contribution in [-0.4, -0.2) is 43.0 Å². The largest absolute Gasteiger partial charge is 0.385 e. The first-order valence-electron chi connectivity index (χ1n) is 10.1. The first kappa shape index (κ1) is 20.9. The van der Waals surface area contributed by atoms with Crippen molar-refractivity contribution in [2.75, 3.05) is 25.6 Å². The van der Waals surface area contributed by atoms with Crippen molar-refractivity contribution in [3.63, 3.8) is 0 Å². The molecule has 2 unspecified atom stereocenters. The van der Waals surface area contributed by atoms with E-state index >= 15 is 0 Å². The van der Waals surface area contributed by atoms with Crippen molar-refractivity contribution in [1.29, 1.82) is 0 Å². The summed E-state index contributed by atoms with van der Waals surface area (Å²) < 4.78 is 5.14. The summed E-state index contributed by atoms with van der Waals surface area (Å²) in [6, 6.07) is 15.2. The van der Waals surface area contributed by atoms with E-state index in [0.29, 0.717) is 18.7 Å². The average Bonchev–Trinajstić information content (AvgIpc) is 3.00. The summed E-state index contributed by atoms with van der Waals surface area (Å²) in [5, 5.41) is 6.42. The van der Waals surface area contributed by atoms with Gasteiger partial charge < -0.3 is 20.3 Å². The Balaban J connectivity index is 1.76. The van der Waals surface area contributed by atoms with Crippen LogP contribution in [0.2, 0.25) is 0 Å². The van der Waals surface area contributed by atoms with Crippen LogP contribution in [0.4, 0.5) is 5.69 Å². The summed E-state index contributed by atoms with van der Waals surface area (Å²) in [6.07, 6.45) is 1.41. The number of hydrogen-bond acceptors (Lipinski definition) is 4. The van der Waals surface area contributed by atoms with Crippen molar-refractivity contribution in [3.05, 3.63) is 65.2 Å². The molecule has 2 aromatic carbocycles. The number of carbonyl (C=O) groups is 2. The van der Waals surface area contributed by atoms with Crippen molar-refractivity contribution in [2.45, 2.75) is 38.9 Å². The molecule has 0 bridgehead atoms. The topological polar surface area (TPSA) is 70.7 Å². The first-order valence-corrected chi connectivity index (χ1v) is 10.1. The second-order valence-electron chi connectivity index (χ2n) is 7.34. The van der Waals surface area contributed by atoms with E-state index in [1.807, 2.05) is 55.1 Å². The van der Waals surface area contributed by atoms with E-state index in [2.05, 4.69) is 10.6 Å². The Hall–Kier alpha value is -2.86. The molecule has 1 aliphatic heterocycles. The summed E-state index contributed by atoms with van der Waals surface area (Å²) in [7, 11) is 1.66. The van der Waals surface area contributed by atoms with Crippen molar-refractivity contribution in [2.24, 2.45) is 0 Å². The Kier molecular flexibility index (Phi) is 6.88. The number of methoxy groups -OCH3 is 1. The zero-order valence-corrected chi connectivity index (χ0v) is 17.3. The Morgan fingerprint density at radius 3 is 2.59 bits per heavy atom. The Labute approximate surface area is 172 Å². The molecule has 3 rings (SSSR count). The molecular weight excluding hydrogens is 366 g/mol. The number of carbonyl (C=O) groups excluding carboxylic acids is 2. The summed E-state index contributed by atoms with van der Waals surface area (Å²) >= 11 is 0. The van der Waals surface area contributed by atoms with Crippen LogP contribution >= 0.6 is 0 Å². The van der Waals surface area contributed by atoms with Gasteiger partial charge in [-0.2, -0.15) is 0 Å². The third-order valence-electron chi connectivity index (χ3n) is 5.25. The van der Waals surface area contributed by atoms with Gasteiger partial charge in [0.15, 0.2) is 0 Å². The lowest BCUT2D eigenvalue weighted by Gasteiger charge is -2.27. The van der Waals surface area contributed by atoms with E-state index in [4.69, 9.17) is 4.74 Å². The molecule has 1 aliphatic rings. The fourth-order valence-electron chi connectivity index (χ4n) is 3.42. The highest BCUT2D eigenvalue weighted by molar-refractivity contribution is 5.99. The minimum absolute atomic E-state index is 0.0266. The normalized spacial score (nSPS) is 16.4. The predicted octanol–water partition coefficient (Wildman–Crippen LogP) is 3.82. The average molecular weight is 396 g/mol. The van der Waals surface area contributed by atoms with Crippen molar-refractivity contribution >= 4 is 17.5 Å². The molecule has 1 heterocycles. The molecule has 2 atom stereocenters. The van der Waals surface area contributed by atoms with Crippen LogP contribution in [0.3, 0.4) is 0 Å². The lowest BCUT2D eigenvalue weighted by atomic mass is 10.1. The molecule has 0 radical (unpaired) electrons. The van der Waals surface area contributed by atoms with Gasteiger partial charge in [0, 0.05) is 48.7 Å². The molecule has 0 aliphatic carbocycles. The number of amides is 2. The zero-order valence-electron chi connectivity index (χ0n) is 17.3. The van der Waals surface area contributed by atoms with E-state index in [9.17, 15) is 9.59 Å². The van der Waals surface area contributed by atoms with E-state index in [-0.39, 0.29) is 24.0 Å². The SMILES string of the molecule is CCC(C)NC(=O)c1ccc(NC2c3ccccc3C(=O)N2CCCOC)cc1. The second kappa shape index (κ2) is 9.56. The highest BCUT2D eigenvalue weighted by Gasteiger charge is 2.35. The van der Waals surface area contributed by atoms with Gasteiger partial charge in [0.1, 0.15) is 6.17 Å². The van der Waals surface area contributed by atoms with Gasteiger partial charge in [-0.3, -0.25) is 9.59 Å². The van der Waals surface area contributed by atoms with Gasteiger partial charge in [0.25, 0.3) is 11.8 Å². The highest BCUT2D eigenvalue weighted by atomic mass is 16.5. The molecule has 6 nitrogen and oxygen atoms in total. The highest BCUT2D eigenvalue weighted by Crippen LogP contribution is 2.34. The standard InChI is InChI=1S/C23H29N3O3/c1-4-16(2)24-22(27)17-10-12-18(13-11-17)25-21-19-8-5-6-9-20(19)23(28)26(21)14-7-15-29-3/h5-6,8-13,16,21,25H,4,7,14-15H2,1-3H3,(H,24,27). The third kappa shape index (κ3) is 4.77. The second-order valence-corrected chi connectivity index (χ2v) is 7.34. The summed E-state index contributed by atoms with van der Waals surface area (Å²) in [5.41, 5.74) is 3.17. The molecule has 154 valence electrons. The maximum atomic E-state index is 12.9. The Bertz CT molecular complexity index is 851. The minimum Gasteiger partial charge on any atom is -0.385 e. The number of nitrogens with zero attached hydrogens (tertiary/aromatic N) is 1. The van der Waals surface area contributed by atoms with Gasteiger partial charge in [-0.05, 0) is 50.1 Å². The minimum atomic E-state index is -0.240. The fourth-order valence-corrected chi connectivity index (χ4v) is 3.42. The molecule has 0 aromatic heterocycles. The number of rotatable bonds is 9. The predicted molar refractivity (Wildman–Crippen MR) is 114 cm³/mol. The van der Waals surface area contributed by atoms with E-state index < -0.39 is 0 Å². The van der Waals surface area contributed by atoms with Crippen LogP contribution < -0.4 is 10.6 Å². The van der Waals surface area contributed by atoms with Gasteiger partial charge in [0.2, 0.25) is 0 Å². The zero-order chi connectivity index (χ0) is 20.8.